The number of nitrogens with one attached hydrogen (secondary N) is 2. The van der Waals surface area contributed by atoms with Crippen molar-refractivity contribution in [2.45, 2.75) is 64.8 Å². The summed E-state index contributed by atoms with van der Waals surface area (Å²) in [7, 11) is 0. The third kappa shape index (κ3) is 2.89. The Labute approximate surface area is 126 Å². The van der Waals surface area contributed by atoms with Crippen LogP contribution in [0.25, 0.3) is 11.0 Å². The van der Waals surface area contributed by atoms with Crippen LogP contribution >= 0.6 is 0 Å². The van der Waals surface area contributed by atoms with Crippen molar-refractivity contribution in [2.24, 2.45) is 5.92 Å². The van der Waals surface area contributed by atoms with Crippen molar-refractivity contribution in [3.63, 3.8) is 0 Å². The molecule has 0 spiro atoms. The third-order valence-electron chi connectivity index (χ3n) is 4.84. The fourth-order valence-electron chi connectivity index (χ4n) is 3.63. The zero-order valence-corrected chi connectivity index (χ0v) is 13.2. The molecule has 21 heavy (non-hydrogen) atoms. The summed E-state index contributed by atoms with van der Waals surface area (Å²) in [5, 5.41) is 4.91. The SMILES string of the molecule is CCCCC1CCCC1Nc1ncnc2[nH]cc(CC)c12. The zero-order valence-electron chi connectivity index (χ0n) is 13.2. The van der Waals surface area contributed by atoms with E-state index in [-0.39, 0.29) is 0 Å². The number of aryl methyl sites for hydroxylation is 1. The van der Waals surface area contributed by atoms with Crippen molar-refractivity contribution in [3.8, 4) is 0 Å². The number of nitrogens with zero attached hydrogens (tertiary/aromatic N) is 2. The van der Waals surface area contributed by atoms with Gasteiger partial charge in [-0.25, -0.2) is 9.97 Å². The van der Waals surface area contributed by atoms with Crippen molar-refractivity contribution in [1.29, 1.82) is 0 Å². The first-order valence-electron chi connectivity index (χ1n) is 8.41. The number of anilines is 1. The molecule has 2 aromatic heterocycles. The molecule has 1 fully saturated rings. The highest BCUT2D eigenvalue weighted by molar-refractivity contribution is 5.90. The van der Waals surface area contributed by atoms with E-state index in [4.69, 9.17) is 0 Å². The van der Waals surface area contributed by atoms with E-state index in [0.29, 0.717) is 6.04 Å². The highest BCUT2D eigenvalue weighted by Crippen LogP contribution is 2.33. The lowest BCUT2D eigenvalue weighted by atomic mass is 9.96. The predicted molar refractivity (Wildman–Crippen MR) is 87.5 cm³/mol. The quantitative estimate of drug-likeness (QED) is 0.833. The van der Waals surface area contributed by atoms with Gasteiger partial charge < -0.3 is 10.3 Å². The zero-order chi connectivity index (χ0) is 14.7. The Balaban J connectivity index is 1.82. The number of aromatic nitrogens is 3. The Hall–Kier alpha value is -1.58. The monoisotopic (exact) mass is 286 g/mol. The molecule has 114 valence electrons. The lowest BCUT2D eigenvalue weighted by Gasteiger charge is -2.22. The molecule has 0 saturated heterocycles. The molecule has 2 atom stereocenters. The summed E-state index contributed by atoms with van der Waals surface area (Å²) in [4.78, 5) is 12.1. The minimum absolute atomic E-state index is 0.578. The van der Waals surface area contributed by atoms with Gasteiger partial charge in [-0.15, -0.1) is 0 Å². The summed E-state index contributed by atoms with van der Waals surface area (Å²) < 4.78 is 0. The van der Waals surface area contributed by atoms with E-state index in [1.54, 1.807) is 6.33 Å². The van der Waals surface area contributed by atoms with Crippen LogP contribution in [0.2, 0.25) is 0 Å². The molecule has 1 aliphatic carbocycles. The van der Waals surface area contributed by atoms with Crippen molar-refractivity contribution in [2.75, 3.05) is 5.32 Å². The van der Waals surface area contributed by atoms with Gasteiger partial charge in [-0.05, 0) is 37.2 Å². The summed E-state index contributed by atoms with van der Waals surface area (Å²) >= 11 is 0. The van der Waals surface area contributed by atoms with Gasteiger partial charge in [-0.1, -0.05) is 33.1 Å². The minimum atomic E-state index is 0.578. The first-order valence-corrected chi connectivity index (χ1v) is 8.41. The average Bonchev–Trinajstić information content (AvgIpc) is 3.12. The molecule has 0 aromatic carbocycles. The largest absolute Gasteiger partial charge is 0.366 e. The predicted octanol–water partition coefficient (Wildman–Crippen LogP) is 4.29. The normalized spacial score (nSPS) is 22.0. The van der Waals surface area contributed by atoms with Crippen molar-refractivity contribution < 1.29 is 0 Å². The molecule has 0 aliphatic heterocycles. The van der Waals surface area contributed by atoms with Crippen molar-refractivity contribution in [3.05, 3.63) is 18.1 Å². The molecule has 1 saturated carbocycles. The molecule has 4 heteroatoms. The Morgan fingerprint density at radius 3 is 3.00 bits per heavy atom. The third-order valence-corrected chi connectivity index (χ3v) is 4.84. The van der Waals surface area contributed by atoms with E-state index in [1.807, 2.05) is 0 Å². The van der Waals surface area contributed by atoms with E-state index < -0.39 is 0 Å². The summed E-state index contributed by atoms with van der Waals surface area (Å²) in [6.45, 7) is 4.46. The minimum Gasteiger partial charge on any atom is -0.366 e. The molecular weight excluding hydrogens is 260 g/mol. The molecule has 2 aromatic rings. The Morgan fingerprint density at radius 1 is 1.29 bits per heavy atom. The first kappa shape index (κ1) is 14.4. The number of fused-ring (bicyclic) bond motifs is 1. The van der Waals surface area contributed by atoms with Gasteiger partial charge in [0.25, 0.3) is 0 Å². The fourth-order valence-corrected chi connectivity index (χ4v) is 3.63. The average molecular weight is 286 g/mol. The molecule has 3 rings (SSSR count). The lowest BCUT2D eigenvalue weighted by Crippen LogP contribution is -2.24. The molecule has 4 nitrogen and oxygen atoms in total. The second-order valence-electron chi connectivity index (χ2n) is 6.20. The molecule has 0 bridgehead atoms. The van der Waals surface area contributed by atoms with Gasteiger partial charge in [0, 0.05) is 12.2 Å². The first-order chi connectivity index (χ1) is 10.3. The summed E-state index contributed by atoms with van der Waals surface area (Å²) in [6, 6.07) is 0.578. The van der Waals surface area contributed by atoms with Crippen LogP contribution < -0.4 is 5.32 Å². The highest BCUT2D eigenvalue weighted by atomic mass is 15.1. The number of hydrogen-bond acceptors (Lipinski definition) is 3. The van der Waals surface area contributed by atoms with Crippen LogP contribution in [0.3, 0.4) is 0 Å². The second kappa shape index (κ2) is 6.46. The smallest absolute Gasteiger partial charge is 0.143 e. The summed E-state index contributed by atoms with van der Waals surface area (Å²) in [5.74, 6) is 1.82. The number of H-pyrrole nitrogens is 1. The molecular formula is C17H26N4. The molecule has 2 unspecified atom stereocenters. The van der Waals surface area contributed by atoms with Crippen LogP contribution in [0, 0.1) is 5.92 Å². The Morgan fingerprint density at radius 2 is 2.19 bits per heavy atom. The van der Waals surface area contributed by atoms with Crippen LogP contribution in [0.1, 0.15) is 57.9 Å². The number of hydrogen-bond donors (Lipinski definition) is 2. The maximum absolute atomic E-state index is 4.52. The lowest BCUT2D eigenvalue weighted by molar-refractivity contribution is 0.448. The van der Waals surface area contributed by atoms with Crippen LogP contribution in [0.4, 0.5) is 5.82 Å². The molecule has 2 N–H and O–H groups in total. The second-order valence-corrected chi connectivity index (χ2v) is 6.20. The van der Waals surface area contributed by atoms with Gasteiger partial charge >= 0.3 is 0 Å². The Kier molecular flexibility index (Phi) is 4.42. The van der Waals surface area contributed by atoms with Crippen LogP contribution in [0.15, 0.2) is 12.5 Å². The van der Waals surface area contributed by atoms with Crippen LogP contribution in [-0.2, 0) is 6.42 Å². The number of unbranched alkanes of at least 4 members (excludes halogenated alkanes) is 1. The molecule has 0 radical (unpaired) electrons. The molecule has 2 heterocycles. The van der Waals surface area contributed by atoms with E-state index in [9.17, 15) is 0 Å². The number of rotatable bonds is 6. The van der Waals surface area contributed by atoms with Crippen LogP contribution in [0.5, 0.6) is 0 Å². The van der Waals surface area contributed by atoms with Crippen molar-refractivity contribution >= 4 is 16.9 Å². The maximum Gasteiger partial charge on any atom is 0.143 e. The topological polar surface area (TPSA) is 53.6 Å². The van der Waals surface area contributed by atoms with Gasteiger partial charge in [0.2, 0.25) is 0 Å². The number of aromatic amines is 1. The van der Waals surface area contributed by atoms with E-state index >= 15 is 0 Å². The summed E-state index contributed by atoms with van der Waals surface area (Å²) in [6.07, 6.45) is 12.7. The van der Waals surface area contributed by atoms with Crippen molar-refractivity contribution in [1.82, 2.24) is 15.0 Å². The maximum atomic E-state index is 4.52. The van der Waals surface area contributed by atoms with E-state index in [2.05, 4.69) is 40.3 Å². The van der Waals surface area contributed by atoms with Gasteiger partial charge in [0.1, 0.15) is 17.8 Å². The fraction of sp³-hybridized carbons (Fsp3) is 0.647. The molecule has 1 aliphatic rings. The van der Waals surface area contributed by atoms with Gasteiger partial charge in [0.05, 0.1) is 5.39 Å². The highest BCUT2D eigenvalue weighted by Gasteiger charge is 2.27. The standard InChI is InChI=1S/C17H26N4/c1-3-5-7-13-8-6-9-14(13)21-17-15-12(4-2)10-18-16(15)19-11-20-17/h10-11,13-14H,3-9H2,1-2H3,(H2,18,19,20,21). The van der Waals surface area contributed by atoms with Crippen LogP contribution in [-0.4, -0.2) is 21.0 Å². The van der Waals surface area contributed by atoms with Gasteiger partial charge in [0.15, 0.2) is 0 Å². The van der Waals surface area contributed by atoms with E-state index in [0.717, 1.165) is 23.8 Å². The van der Waals surface area contributed by atoms with Gasteiger partial charge in [-0.3, -0.25) is 0 Å². The molecule has 0 amide bonds. The van der Waals surface area contributed by atoms with E-state index in [1.165, 1.54) is 49.5 Å². The summed E-state index contributed by atoms with van der Waals surface area (Å²) in [5.41, 5.74) is 2.25. The van der Waals surface area contributed by atoms with Gasteiger partial charge in [-0.2, -0.15) is 0 Å². The Bertz CT molecular complexity index is 589.